The van der Waals surface area contributed by atoms with Crippen molar-refractivity contribution in [3.05, 3.63) is 29.8 Å². The number of benzene rings is 1. The molecule has 1 aromatic rings. The molecule has 10 heteroatoms. The number of ether oxygens (including phenoxy) is 1. The van der Waals surface area contributed by atoms with Crippen LogP contribution in [0.25, 0.3) is 0 Å². The van der Waals surface area contributed by atoms with Gasteiger partial charge in [0.15, 0.2) is 6.10 Å². The molecule has 0 unspecified atom stereocenters. The molecule has 152 valence electrons. The number of carbonyl (C=O) groups excluding carboxylic acids is 3. The molecule has 2 heterocycles. The Balaban J connectivity index is 1.58. The lowest BCUT2D eigenvalue weighted by molar-refractivity contribution is -0.160. The van der Waals surface area contributed by atoms with Gasteiger partial charge in [0.25, 0.3) is 5.91 Å². The maximum atomic E-state index is 12.6. The quantitative estimate of drug-likeness (QED) is 0.764. The smallest absolute Gasteiger partial charge is 0.416 e. The van der Waals surface area contributed by atoms with Gasteiger partial charge in [0.2, 0.25) is 5.91 Å². The second-order valence-corrected chi connectivity index (χ2v) is 8.41. The summed E-state index contributed by atoms with van der Waals surface area (Å²) in [5, 5.41) is 2.41. The molecule has 3 rings (SSSR count). The Morgan fingerprint density at radius 1 is 1.32 bits per heavy atom. The summed E-state index contributed by atoms with van der Waals surface area (Å²) < 4.78 is 42.9. The van der Waals surface area contributed by atoms with E-state index in [4.69, 9.17) is 4.74 Å². The van der Waals surface area contributed by atoms with Crippen LogP contribution in [0.15, 0.2) is 24.3 Å². The number of hydrogen-bond donors (Lipinski definition) is 1. The summed E-state index contributed by atoms with van der Waals surface area (Å²) in [4.78, 5) is 37.9. The SMILES string of the molecule is C[C@H](OC(=O)[C@H]1CS[C@@]2(C)CCC(=O)N12)C(=O)Nc1ccc(C(F)(F)F)cc1. The fraction of sp³-hybridized carbons (Fsp3) is 0.500. The zero-order valence-corrected chi connectivity index (χ0v) is 16.0. The lowest BCUT2D eigenvalue weighted by atomic mass is 10.2. The average molecular weight is 416 g/mol. The number of halogens is 3. The maximum Gasteiger partial charge on any atom is 0.416 e. The normalized spacial score (nSPS) is 25.4. The Morgan fingerprint density at radius 2 is 1.96 bits per heavy atom. The molecule has 0 aliphatic carbocycles. The van der Waals surface area contributed by atoms with Crippen molar-refractivity contribution in [2.45, 2.75) is 49.9 Å². The van der Waals surface area contributed by atoms with Crippen LogP contribution in [-0.2, 0) is 25.3 Å². The summed E-state index contributed by atoms with van der Waals surface area (Å²) in [6.07, 6.45) is -4.60. The molecular weight excluding hydrogens is 397 g/mol. The summed E-state index contributed by atoms with van der Waals surface area (Å²) in [7, 11) is 0. The van der Waals surface area contributed by atoms with E-state index in [1.807, 2.05) is 6.92 Å². The van der Waals surface area contributed by atoms with Gasteiger partial charge < -0.3 is 15.0 Å². The van der Waals surface area contributed by atoms with Crippen molar-refractivity contribution in [3.8, 4) is 0 Å². The van der Waals surface area contributed by atoms with Crippen molar-refractivity contribution in [3.63, 3.8) is 0 Å². The van der Waals surface area contributed by atoms with Crippen LogP contribution in [0.4, 0.5) is 18.9 Å². The van der Waals surface area contributed by atoms with Crippen LogP contribution in [-0.4, -0.2) is 45.5 Å². The van der Waals surface area contributed by atoms with Crippen molar-refractivity contribution in [1.82, 2.24) is 4.90 Å². The van der Waals surface area contributed by atoms with Gasteiger partial charge in [0.1, 0.15) is 6.04 Å². The molecule has 2 aliphatic heterocycles. The maximum absolute atomic E-state index is 12.6. The van der Waals surface area contributed by atoms with Gasteiger partial charge in [-0.1, -0.05) is 0 Å². The van der Waals surface area contributed by atoms with Crippen LogP contribution in [0.3, 0.4) is 0 Å². The van der Waals surface area contributed by atoms with Gasteiger partial charge in [0.05, 0.1) is 10.4 Å². The molecule has 6 nitrogen and oxygen atoms in total. The van der Waals surface area contributed by atoms with Crippen LogP contribution in [0, 0.1) is 0 Å². The monoisotopic (exact) mass is 416 g/mol. The first-order chi connectivity index (χ1) is 13.0. The first-order valence-corrected chi connectivity index (χ1v) is 9.64. The molecule has 3 atom stereocenters. The van der Waals surface area contributed by atoms with E-state index in [1.165, 1.54) is 23.6 Å². The van der Waals surface area contributed by atoms with Crippen LogP contribution < -0.4 is 5.32 Å². The molecule has 0 radical (unpaired) electrons. The highest BCUT2D eigenvalue weighted by Gasteiger charge is 2.53. The van der Waals surface area contributed by atoms with Gasteiger partial charge in [-0.2, -0.15) is 13.2 Å². The summed E-state index contributed by atoms with van der Waals surface area (Å²) >= 11 is 1.51. The first kappa shape index (κ1) is 20.5. The predicted molar refractivity (Wildman–Crippen MR) is 96.4 cm³/mol. The number of esters is 1. The number of amides is 2. The molecule has 0 bridgehead atoms. The second-order valence-electron chi connectivity index (χ2n) is 6.91. The van der Waals surface area contributed by atoms with Gasteiger partial charge in [-0.3, -0.25) is 9.59 Å². The van der Waals surface area contributed by atoms with Gasteiger partial charge in [-0.15, -0.1) is 11.8 Å². The van der Waals surface area contributed by atoms with Gasteiger partial charge in [0, 0.05) is 17.9 Å². The van der Waals surface area contributed by atoms with Crippen LogP contribution in [0.1, 0.15) is 32.3 Å². The topological polar surface area (TPSA) is 75.7 Å². The number of hydrogen-bond acceptors (Lipinski definition) is 5. The van der Waals surface area contributed by atoms with Crippen LogP contribution >= 0.6 is 11.8 Å². The third kappa shape index (κ3) is 3.96. The molecule has 2 saturated heterocycles. The van der Waals surface area contributed by atoms with Gasteiger partial charge >= 0.3 is 12.1 Å². The largest absolute Gasteiger partial charge is 0.451 e. The van der Waals surface area contributed by atoms with Crippen molar-refractivity contribution >= 4 is 35.2 Å². The highest BCUT2D eigenvalue weighted by atomic mass is 32.2. The highest BCUT2D eigenvalue weighted by Crippen LogP contribution is 2.47. The van der Waals surface area contributed by atoms with E-state index in [-0.39, 0.29) is 11.6 Å². The van der Waals surface area contributed by atoms with Crippen molar-refractivity contribution < 1.29 is 32.3 Å². The molecule has 2 aliphatic rings. The van der Waals surface area contributed by atoms with Crippen molar-refractivity contribution in [2.24, 2.45) is 0 Å². The average Bonchev–Trinajstić information content (AvgIpc) is 3.10. The molecule has 0 aromatic heterocycles. The Labute approximate surface area is 163 Å². The predicted octanol–water partition coefficient (Wildman–Crippen LogP) is 3.03. The number of alkyl halides is 3. The third-order valence-corrected chi connectivity index (χ3v) is 6.36. The minimum Gasteiger partial charge on any atom is -0.451 e. The van der Waals surface area contributed by atoms with E-state index in [0.29, 0.717) is 18.6 Å². The summed E-state index contributed by atoms with van der Waals surface area (Å²) in [5.74, 6) is -1.05. The summed E-state index contributed by atoms with van der Waals surface area (Å²) in [6.45, 7) is 3.26. The summed E-state index contributed by atoms with van der Waals surface area (Å²) in [6, 6.07) is 3.20. The fourth-order valence-electron chi connectivity index (χ4n) is 3.29. The Kier molecular flexibility index (Phi) is 5.35. The molecule has 28 heavy (non-hydrogen) atoms. The number of nitrogens with zero attached hydrogens (tertiary/aromatic N) is 1. The summed E-state index contributed by atoms with van der Waals surface area (Å²) in [5.41, 5.74) is -0.679. The van der Waals surface area contributed by atoms with E-state index < -0.39 is 40.6 Å². The second kappa shape index (κ2) is 7.31. The van der Waals surface area contributed by atoms with Crippen LogP contribution in [0.5, 0.6) is 0 Å². The molecular formula is C18H19F3N2O4S. The lowest BCUT2D eigenvalue weighted by Crippen LogP contribution is -2.48. The zero-order valence-electron chi connectivity index (χ0n) is 15.2. The number of nitrogens with one attached hydrogen (secondary N) is 1. The minimum absolute atomic E-state index is 0.115. The van der Waals surface area contributed by atoms with E-state index in [0.717, 1.165) is 24.3 Å². The number of fused-ring (bicyclic) bond motifs is 1. The Hall–Kier alpha value is -2.23. The van der Waals surface area contributed by atoms with Gasteiger partial charge in [-0.25, -0.2) is 4.79 Å². The number of carbonyl (C=O) groups is 3. The Bertz CT molecular complexity index is 799. The zero-order chi connectivity index (χ0) is 20.7. The molecule has 1 N–H and O–H groups in total. The molecule has 0 saturated carbocycles. The number of rotatable bonds is 4. The third-order valence-electron chi connectivity index (χ3n) is 4.86. The van der Waals surface area contributed by atoms with E-state index in [1.54, 1.807) is 0 Å². The first-order valence-electron chi connectivity index (χ1n) is 8.66. The lowest BCUT2D eigenvalue weighted by Gasteiger charge is -2.29. The van der Waals surface area contributed by atoms with E-state index >= 15 is 0 Å². The van der Waals surface area contributed by atoms with Crippen LogP contribution in [0.2, 0.25) is 0 Å². The molecule has 0 spiro atoms. The van der Waals surface area contributed by atoms with Crippen molar-refractivity contribution in [2.75, 3.05) is 11.1 Å². The Morgan fingerprint density at radius 3 is 2.57 bits per heavy atom. The molecule has 2 amide bonds. The highest BCUT2D eigenvalue weighted by molar-refractivity contribution is 8.01. The minimum atomic E-state index is -4.47. The standard InChI is InChI=1S/C18H19F3N2O4S/c1-10(15(25)22-12-5-3-11(4-6-12)18(19,20)21)27-16(26)13-9-28-17(2)8-7-14(24)23(13)17/h3-6,10,13H,7-9H2,1-2H3,(H,22,25)/t10-,13+,17-/m0/s1. The van der Waals surface area contributed by atoms with Crippen molar-refractivity contribution in [1.29, 1.82) is 0 Å². The number of anilines is 1. The van der Waals surface area contributed by atoms with E-state index in [2.05, 4.69) is 5.32 Å². The van der Waals surface area contributed by atoms with Gasteiger partial charge in [-0.05, 0) is 44.5 Å². The molecule has 2 fully saturated rings. The molecule has 1 aromatic carbocycles. The fourth-order valence-corrected chi connectivity index (χ4v) is 4.70. The number of thioether (sulfide) groups is 1. The van der Waals surface area contributed by atoms with E-state index in [9.17, 15) is 27.6 Å².